The summed E-state index contributed by atoms with van der Waals surface area (Å²) < 4.78 is 0. The average Bonchev–Trinajstić information content (AvgIpc) is 3.15. The topological polar surface area (TPSA) is 89.8 Å². The first-order valence-electron chi connectivity index (χ1n) is 23.2. The van der Waals surface area contributed by atoms with E-state index in [4.69, 9.17) is 0 Å². The summed E-state index contributed by atoms with van der Waals surface area (Å²) >= 11 is 0. The SMILES string of the molecule is CCCCCCCCCCCC/C=C\CCCCCCCCC(O)C(=O)NC(CO)C(O)/C=C/CCCCCCCCCCCCCCCCCC. The Morgan fingerprint density at radius 1 is 0.462 bits per heavy atom. The maximum absolute atomic E-state index is 12.5. The van der Waals surface area contributed by atoms with Crippen LogP contribution in [0, 0.1) is 0 Å². The minimum absolute atomic E-state index is 0.364. The van der Waals surface area contributed by atoms with Crippen LogP contribution in [-0.4, -0.2) is 46.1 Å². The number of allylic oxidation sites excluding steroid dienone is 3. The van der Waals surface area contributed by atoms with Crippen molar-refractivity contribution in [2.75, 3.05) is 6.61 Å². The Kier molecular flexibility index (Phi) is 41.6. The van der Waals surface area contributed by atoms with Gasteiger partial charge in [0.25, 0.3) is 0 Å². The van der Waals surface area contributed by atoms with Gasteiger partial charge < -0.3 is 20.6 Å². The highest BCUT2D eigenvalue weighted by molar-refractivity contribution is 5.80. The van der Waals surface area contributed by atoms with E-state index in [1.807, 2.05) is 6.08 Å². The van der Waals surface area contributed by atoms with Gasteiger partial charge in [0.05, 0.1) is 18.8 Å². The van der Waals surface area contributed by atoms with Crippen LogP contribution in [-0.2, 0) is 4.79 Å². The maximum atomic E-state index is 12.5. The molecular formula is C47H91NO4. The first-order valence-corrected chi connectivity index (χ1v) is 23.2. The summed E-state index contributed by atoms with van der Waals surface area (Å²) in [6.07, 6.45) is 52.1. The Hall–Kier alpha value is -1.17. The van der Waals surface area contributed by atoms with Crippen LogP contribution in [0.25, 0.3) is 0 Å². The molecule has 52 heavy (non-hydrogen) atoms. The van der Waals surface area contributed by atoms with Crippen LogP contribution in [0.3, 0.4) is 0 Å². The Morgan fingerprint density at radius 3 is 1.12 bits per heavy atom. The van der Waals surface area contributed by atoms with E-state index >= 15 is 0 Å². The fourth-order valence-corrected chi connectivity index (χ4v) is 7.12. The van der Waals surface area contributed by atoms with Gasteiger partial charge in [-0.2, -0.15) is 0 Å². The maximum Gasteiger partial charge on any atom is 0.249 e. The second-order valence-electron chi connectivity index (χ2n) is 16.0. The molecule has 0 bridgehead atoms. The van der Waals surface area contributed by atoms with Gasteiger partial charge >= 0.3 is 0 Å². The van der Waals surface area contributed by atoms with Crippen molar-refractivity contribution in [1.82, 2.24) is 5.32 Å². The fraction of sp³-hybridized carbons (Fsp3) is 0.894. The first-order chi connectivity index (χ1) is 25.6. The quantitative estimate of drug-likeness (QED) is 0.0371. The molecule has 0 saturated carbocycles. The zero-order chi connectivity index (χ0) is 38.0. The summed E-state index contributed by atoms with van der Waals surface area (Å²) in [5.74, 6) is -0.506. The van der Waals surface area contributed by atoms with Gasteiger partial charge in [0.15, 0.2) is 0 Å². The van der Waals surface area contributed by atoms with Crippen LogP contribution in [0.2, 0.25) is 0 Å². The monoisotopic (exact) mass is 734 g/mol. The predicted octanol–water partition coefficient (Wildman–Crippen LogP) is 13.4. The summed E-state index contributed by atoms with van der Waals surface area (Å²) in [6, 6.07) is -0.798. The number of carbonyl (C=O) groups is 1. The minimum Gasteiger partial charge on any atom is -0.394 e. The van der Waals surface area contributed by atoms with Gasteiger partial charge in [-0.05, 0) is 44.9 Å². The molecule has 0 spiro atoms. The summed E-state index contributed by atoms with van der Waals surface area (Å²) in [5, 5.41) is 33.2. The molecule has 0 aromatic carbocycles. The molecule has 4 N–H and O–H groups in total. The molecule has 0 radical (unpaired) electrons. The third-order valence-corrected chi connectivity index (χ3v) is 10.8. The molecule has 0 aliphatic rings. The average molecular weight is 734 g/mol. The summed E-state index contributed by atoms with van der Waals surface area (Å²) in [4.78, 5) is 12.5. The van der Waals surface area contributed by atoms with E-state index in [1.54, 1.807) is 6.08 Å². The first kappa shape index (κ1) is 50.8. The second-order valence-corrected chi connectivity index (χ2v) is 16.0. The van der Waals surface area contributed by atoms with Crippen molar-refractivity contribution < 1.29 is 20.1 Å². The molecule has 0 rings (SSSR count). The third-order valence-electron chi connectivity index (χ3n) is 10.8. The summed E-state index contributed by atoms with van der Waals surface area (Å²) in [5.41, 5.74) is 0. The number of amides is 1. The summed E-state index contributed by atoms with van der Waals surface area (Å²) in [7, 11) is 0. The Balaban J connectivity index is 3.66. The highest BCUT2D eigenvalue weighted by Gasteiger charge is 2.22. The zero-order valence-electron chi connectivity index (χ0n) is 35.0. The molecule has 0 saturated heterocycles. The van der Waals surface area contributed by atoms with E-state index in [0.29, 0.717) is 6.42 Å². The van der Waals surface area contributed by atoms with Crippen molar-refractivity contribution in [3.63, 3.8) is 0 Å². The molecule has 3 unspecified atom stereocenters. The van der Waals surface area contributed by atoms with Crippen LogP contribution >= 0.6 is 0 Å². The standard InChI is InChI=1S/C47H91NO4/c1-3-5-7-9-11-13-15-17-19-21-23-24-26-28-30-32-34-36-38-40-42-46(51)47(52)48-44(43-49)45(50)41-39-37-35-33-31-29-27-25-22-20-18-16-14-12-10-8-6-4-2/h24,26,39,41,44-46,49-51H,3-23,25,27-38,40,42-43H2,1-2H3,(H,48,52)/b26-24-,41-39+. The molecule has 0 fully saturated rings. The van der Waals surface area contributed by atoms with E-state index in [1.165, 1.54) is 193 Å². The van der Waals surface area contributed by atoms with Gasteiger partial charge in [-0.25, -0.2) is 0 Å². The molecule has 5 nitrogen and oxygen atoms in total. The number of aliphatic hydroxyl groups excluding tert-OH is 3. The van der Waals surface area contributed by atoms with E-state index in [2.05, 4.69) is 31.3 Å². The molecule has 308 valence electrons. The number of carbonyl (C=O) groups excluding carboxylic acids is 1. The van der Waals surface area contributed by atoms with Gasteiger partial charge in [0.2, 0.25) is 5.91 Å². The zero-order valence-corrected chi connectivity index (χ0v) is 35.0. The van der Waals surface area contributed by atoms with Gasteiger partial charge in [-0.3, -0.25) is 4.79 Å². The second kappa shape index (κ2) is 42.6. The van der Waals surface area contributed by atoms with Crippen molar-refractivity contribution >= 4 is 5.91 Å². The lowest BCUT2D eigenvalue weighted by atomic mass is 10.0. The van der Waals surface area contributed by atoms with E-state index in [-0.39, 0.29) is 6.61 Å². The van der Waals surface area contributed by atoms with Crippen LogP contribution < -0.4 is 5.32 Å². The molecule has 3 atom stereocenters. The molecule has 0 aromatic heterocycles. The molecular weight excluding hydrogens is 643 g/mol. The van der Waals surface area contributed by atoms with Crippen LogP contribution in [0.5, 0.6) is 0 Å². The van der Waals surface area contributed by atoms with Gasteiger partial charge in [0, 0.05) is 0 Å². The molecule has 1 amide bonds. The fourth-order valence-electron chi connectivity index (χ4n) is 7.12. The Bertz CT molecular complexity index is 768. The molecule has 0 aliphatic carbocycles. The number of nitrogens with one attached hydrogen (secondary N) is 1. The number of aliphatic hydroxyl groups is 3. The molecule has 5 heteroatoms. The lowest BCUT2D eigenvalue weighted by Crippen LogP contribution is -2.48. The number of unbranched alkanes of at least 4 members (excludes halogenated alkanes) is 32. The van der Waals surface area contributed by atoms with Gasteiger partial charge in [-0.1, -0.05) is 224 Å². The van der Waals surface area contributed by atoms with Gasteiger partial charge in [-0.15, -0.1) is 0 Å². The normalized spacial score (nSPS) is 13.7. The highest BCUT2D eigenvalue weighted by Crippen LogP contribution is 2.16. The predicted molar refractivity (Wildman–Crippen MR) is 227 cm³/mol. The lowest BCUT2D eigenvalue weighted by molar-refractivity contribution is -0.131. The Morgan fingerprint density at radius 2 is 0.769 bits per heavy atom. The third kappa shape index (κ3) is 37.2. The van der Waals surface area contributed by atoms with Gasteiger partial charge in [0.1, 0.15) is 6.10 Å². The van der Waals surface area contributed by atoms with E-state index in [9.17, 15) is 20.1 Å². The highest BCUT2D eigenvalue weighted by atomic mass is 16.3. The van der Waals surface area contributed by atoms with Crippen LogP contribution in [0.15, 0.2) is 24.3 Å². The largest absolute Gasteiger partial charge is 0.394 e. The van der Waals surface area contributed by atoms with Crippen LogP contribution in [0.4, 0.5) is 0 Å². The number of rotatable bonds is 42. The van der Waals surface area contributed by atoms with Crippen molar-refractivity contribution in [2.24, 2.45) is 0 Å². The summed E-state index contributed by atoms with van der Waals surface area (Å²) in [6.45, 7) is 4.19. The Labute approximate surface area is 324 Å². The van der Waals surface area contributed by atoms with Crippen molar-refractivity contribution in [2.45, 2.75) is 263 Å². The molecule has 0 heterocycles. The lowest BCUT2D eigenvalue weighted by Gasteiger charge is -2.21. The van der Waals surface area contributed by atoms with Crippen molar-refractivity contribution in [1.29, 1.82) is 0 Å². The number of hydrogen-bond donors (Lipinski definition) is 4. The van der Waals surface area contributed by atoms with Crippen molar-refractivity contribution in [3.05, 3.63) is 24.3 Å². The van der Waals surface area contributed by atoms with Crippen molar-refractivity contribution in [3.8, 4) is 0 Å². The van der Waals surface area contributed by atoms with E-state index in [0.717, 1.165) is 32.1 Å². The number of hydrogen-bond acceptors (Lipinski definition) is 4. The van der Waals surface area contributed by atoms with Crippen LogP contribution in [0.1, 0.15) is 245 Å². The smallest absolute Gasteiger partial charge is 0.249 e. The van der Waals surface area contributed by atoms with E-state index < -0.39 is 24.2 Å². The molecule has 0 aliphatic heterocycles. The molecule has 0 aromatic rings. The minimum atomic E-state index is -1.10.